The Morgan fingerprint density at radius 1 is 1.25 bits per heavy atom. The van der Waals surface area contributed by atoms with Crippen molar-refractivity contribution in [3.8, 4) is 0 Å². The lowest BCUT2D eigenvalue weighted by molar-refractivity contribution is -0.153. The molecule has 2 amide bonds. The molecule has 1 aromatic heterocycles. The number of carbonyl (C=O) groups excluding carboxylic acids is 2. The molecule has 0 saturated carbocycles. The molecule has 0 N–H and O–H groups in total. The number of aryl methyl sites for hydroxylation is 1. The average Bonchev–Trinajstić information content (AvgIpc) is 3.03. The first-order chi connectivity index (χ1) is 11.6. The highest BCUT2D eigenvalue weighted by atomic mass is 16.5. The van der Waals surface area contributed by atoms with Crippen LogP contribution >= 0.6 is 0 Å². The summed E-state index contributed by atoms with van der Waals surface area (Å²) in [6.07, 6.45) is 8.01. The zero-order valence-electron chi connectivity index (χ0n) is 14.2. The van der Waals surface area contributed by atoms with Crippen LogP contribution in [0.4, 0.5) is 0 Å². The Kier molecular flexibility index (Phi) is 5.08. The van der Waals surface area contributed by atoms with Crippen LogP contribution in [0.15, 0.2) is 18.7 Å². The van der Waals surface area contributed by atoms with Crippen molar-refractivity contribution in [3.63, 3.8) is 0 Å². The van der Waals surface area contributed by atoms with Crippen LogP contribution in [-0.4, -0.2) is 70.5 Å². The van der Waals surface area contributed by atoms with Gasteiger partial charge >= 0.3 is 0 Å². The number of aromatic nitrogens is 2. The Balaban J connectivity index is 1.54. The average molecular weight is 332 g/mol. The molecule has 0 radical (unpaired) electrons. The van der Waals surface area contributed by atoms with Crippen molar-refractivity contribution < 1.29 is 14.3 Å². The van der Waals surface area contributed by atoms with E-state index in [0.29, 0.717) is 25.8 Å². The number of rotatable bonds is 4. The van der Waals surface area contributed by atoms with Gasteiger partial charge in [-0.2, -0.15) is 0 Å². The van der Waals surface area contributed by atoms with Gasteiger partial charge < -0.3 is 14.5 Å². The predicted octanol–water partition coefficient (Wildman–Crippen LogP) is 0.646. The Morgan fingerprint density at radius 2 is 2.00 bits per heavy atom. The van der Waals surface area contributed by atoms with Crippen LogP contribution in [0, 0.1) is 0 Å². The number of nitrogens with zero attached hydrogens (tertiary/aromatic N) is 4. The van der Waals surface area contributed by atoms with Gasteiger partial charge in [-0.1, -0.05) is 0 Å². The van der Waals surface area contributed by atoms with E-state index in [9.17, 15) is 9.59 Å². The monoisotopic (exact) mass is 332 g/mol. The summed E-state index contributed by atoms with van der Waals surface area (Å²) in [6, 6.07) is 0.107. The van der Waals surface area contributed by atoms with Crippen LogP contribution in [0.25, 0.3) is 0 Å². The van der Waals surface area contributed by atoms with E-state index in [4.69, 9.17) is 4.74 Å². The lowest BCUT2D eigenvalue weighted by atomic mass is 9.98. The molecule has 0 spiro atoms. The molecule has 0 aliphatic carbocycles. The molecule has 3 rings (SSSR count). The zero-order chi connectivity index (χ0) is 17.1. The molecule has 24 heavy (non-hydrogen) atoms. The van der Waals surface area contributed by atoms with Gasteiger partial charge in [-0.05, 0) is 31.2 Å². The summed E-state index contributed by atoms with van der Waals surface area (Å²) in [7, 11) is 3.49. The third-order valence-corrected chi connectivity index (χ3v) is 4.83. The van der Waals surface area contributed by atoms with Crippen LogP contribution in [0.5, 0.6) is 0 Å². The third-order valence-electron chi connectivity index (χ3n) is 4.83. The molecule has 2 aliphatic heterocycles. The van der Waals surface area contributed by atoms with Crippen molar-refractivity contribution in [3.05, 3.63) is 24.3 Å². The van der Waals surface area contributed by atoms with E-state index in [1.807, 2.05) is 4.90 Å². The molecule has 3 atom stereocenters. The smallest absolute Gasteiger partial charge is 0.251 e. The van der Waals surface area contributed by atoms with E-state index in [1.54, 1.807) is 31.4 Å². The molecular formula is C17H24N4O3. The Morgan fingerprint density at radius 3 is 2.71 bits per heavy atom. The highest BCUT2D eigenvalue weighted by Gasteiger charge is 2.43. The van der Waals surface area contributed by atoms with Crippen molar-refractivity contribution in [1.82, 2.24) is 19.8 Å². The third kappa shape index (κ3) is 3.56. The van der Waals surface area contributed by atoms with Crippen LogP contribution in [0.3, 0.4) is 0 Å². The second kappa shape index (κ2) is 7.25. The van der Waals surface area contributed by atoms with Crippen molar-refractivity contribution in [1.29, 1.82) is 0 Å². The van der Waals surface area contributed by atoms with E-state index in [-0.39, 0.29) is 30.1 Å². The number of carbonyl (C=O) groups is 2. The SMILES string of the molecule is CN(C)C(=O)[C@@H]1CC[C@@H]2[C@@H](CCN2C(=O)CCc2cncnc2)O1. The maximum Gasteiger partial charge on any atom is 0.251 e. The summed E-state index contributed by atoms with van der Waals surface area (Å²) >= 11 is 0. The molecule has 2 saturated heterocycles. The van der Waals surface area contributed by atoms with E-state index >= 15 is 0 Å². The van der Waals surface area contributed by atoms with E-state index in [2.05, 4.69) is 9.97 Å². The van der Waals surface area contributed by atoms with Gasteiger partial charge in [0.05, 0.1) is 12.1 Å². The van der Waals surface area contributed by atoms with Crippen molar-refractivity contribution in [2.24, 2.45) is 0 Å². The first-order valence-electron chi connectivity index (χ1n) is 8.46. The summed E-state index contributed by atoms with van der Waals surface area (Å²) in [5.74, 6) is 0.162. The molecular weight excluding hydrogens is 308 g/mol. The molecule has 7 heteroatoms. The number of likely N-dealkylation sites (tertiary alicyclic amines) is 1. The number of amides is 2. The van der Waals surface area contributed by atoms with Gasteiger partial charge in [0, 0.05) is 39.5 Å². The van der Waals surface area contributed by atoms with Gasteiger partial charge in [0.2, 0.25) is 5.91 Å². The number of hydrogen-bond acceptors (Lipinski definition) is 5. The van der Waals surface area contributed by atoms with Crippen LogP contribution in [-0.2, 0) is 20.7 Å². The van der Waals surface area contributed by atoms with E-state index < -0.39 is 0 Å². The van der Waals surface area contributed by atoms with Gasteiger partial charge in [0.15, 0.2) is 0 Å². The summed E-state index contributed by atoms with van der Waals surface area (Å²) in [5.41, 5.74) is 0.970. The molecule has 2 fully saturated rings. The fourth-order valence-electron chi connectivity index (χ4n) is 3.56. The second-order valence-electron chi connectivity index (χ2n) is 6.66. The number of fused-ring (bicyclic) bond motifs is 1. The predicted molar refractivity (Wildman–Crippen MR) is 87.1 cm³/mol. The topological polar surface area (TPSA) is 75.6 Å². The summed E-state index contributed by atoms with van der Waals surface area (Å²) in [5, 5.41) is 0. The van der Waals surface area contributed by atoms with Gasteiger partial charge in [-0.3, -0.25) is 9.59 Å². The highest BCUT2D eigenvalue weighted by molar-refractivity contribution is 5.81. The van der Waals surface area contributed by atoms with Gasteiger partial charge in [-0.25, -0.2) is 9.97 Å². The first kappa shape index (κ1) is 16.8. The lowest BCUT2D eigenvalue weighted by Gasteiger charge is -2.36. The minimum absolute atomic E-state index is 0.0160. The standard InChI is InChI=1S/C17H24N4O3/c1-20(2)17(23)15-5-4-13-14(24-15)7-8-21(13)16(22)6-3-12-9-18-11-19-10-12/h9-11,13-15H,3-8H2,1-2H3/t13-,14-,15+/m1/s1. The fraction of sp³-hybridized carbons (Fsp3) is 0.647. The van der Waals surface area contributed by atoms with Crippen molar-refractivity contribution in [2.45, 2.75) is 50.4 Å². The maximum absolute atomic E-state index is 12.6. The fourth-order valence-corrected chi connectivity index (χ4v) is 3.56. The molecule has 0 unspecified atom stereocenters. The Labute approximate surface area is 142 Å². The van der Waals surface area contributed by atoms with Crippen molar-refractivity contribution >= 4 is 11.8 Å². The maximum atomic E-state index is 12.6. The minimum atomic E-state index is -0.363. The summed E-state index contributed by atoms with van der Waals surface area (Å²) in [4.78, 5) is 36.1. The second-order valence-corrected chi connectivity index (χ2v) is 6.66. The Hall–Kier alpha value is -2.02. The Bertz CT molecular complexity index is 593. The molecule has 0 aromatic carbocycles. The number of likely N-dealkylation sites (N-methyl/N-ethyl adjacent to an activating group) is 1. The molecule has 1 aromatic rings. The van der Waals surface area contributed by atoms with Crippen LogP contribution in [0.1, 0.15) is 31.2 Å². The summed E-state index contributed by atoms with van der Waals surface area (Å²) < 4.78 is 5.97. The minimum Gasteiger partial charge on any atom is -0.363 e. The van der Waals surface area contributed by atoms with Crippen LogP contribution < -0.4 is 0 Å². The van der Waals surface area contributed by atoms with E-state index in [1.165, 1.54) is 6.33 Å². The van der Waals surface area contributed by atoms with Crippen molar-refractivity contribution in [2.75, 3.05) is 20.6 Å². The number of ether oxygens (including phenoxy) is 1. The molecule has 3 heterocycles. The van der Waals surface area contributed by atoms with Gasteiger partial charge in [-0.15, -0.1) is 0 Å². The molecule has 0 bridgehead atoms. The van der Waals surface area contributed by atoms with Gasteiger partial charge in [0.25, 0.3) is 5.91 Å². The zero-order valence-corrected chi connectivity index (χ0v) is 14.2. The quantitative estimate of drug-likeness (QED) is 0.809. The van der Waals surface area contributed by atoms with Crippen LogP contribution in [0.2, 0.25) is 0 Å². The normalized spacial score (nSPS) is 26.1. The number of hydrogen-bond donors (Lipinski definition) is 0. The lowest BCUT2D eigenvalue weighted by Crippen LogP contribution is -2.48. The highest BCUT2D eigenvalue weighted by Crippen LogP contribution is 2.32. The molecule has 130 valence electrons. The van der Waals surface area contributed by atoms with E-state index in [0.717, 1.165) is 18.4 Å². The molecule has 7 nitrogen and oxygen atoms in total. The summed E-state index contributed by atoms with van der Waals surface area (Å²) in [6.45, 7) is 0.711. The van der Waals surface area contributed by atoms with Gasteiger partial charge in [0.1, 0.15) is 12.4 Å². The molecule has 2 aliphatic rings. The largest absolute Gasteiger partial charge is 0.363 e. The first-order valence-corrected chi connectivity index (χ1v) is 8.46.